The molecule has 1 atom stereocenters. The minimum atomic E-state index is 0.243. The van der Waals surface area contributed by atoms with Gasteiger partial charge in [0.1, 0.15) is 5.75 Å². The standard InChI is InChI=1S/C20H31N5O/c1-7-21-20(22-13-17-10-8-9-11-19(17)26-6)23-14(2)12-18-15(3)24-25(5)16(18)4/h8-11,14H,7,12-13H2,1-6H3,(H2,21,22,23). The topological polar surface area (TPSA) is 63.5 Å². The number of rotatable bonds is 7. The number of hydrogen-bond donors (Lipinski definition) is 2. The summed E-state index contributed by atoms with van der Waals surface area (Å²) >= 11 is 0. The van der Waals surface area contributed by atoms with Crippen LogP contribution in [0.3, 0.4) is 0 Å². The molecule has 1 aromatic heterocycles. The van der Waals surface area contributed by atoms with Gasteiger partial charge in [-0.15, -0.1) is 0 Å². The van der Waals surface area contributed by atoms with Crippen molar-refractivity contribution < 1.29 is 4.74 Å². The smallest absolute Gasteiger partial charge is 0.191 e. The molecule has 2 aromatic rings. The Balaban J connectivity index is 2.06. The van der Waals surface area contributed by atoms with E-state index < -0.39 is 0 Å². The van der Waals surface area contributed by atoms with Crippen molar-refractivity contribution in [1.82, 2.24) is 20.4 Å². The molecule has 0 saturated heterocycles. The molecule has 0 fully saturated rings. The summed E-state index contributed by atoms with van der Waals surface area (Å²) in [5, 5.41) is 11.3. The number of aliphatic imine (C=N–C) groups is 1. The first-order valence-electron chi connectivity index (χ1n) is 9.12. The van der Waals surface area contributed by atoms with Crippen molar-refractivity contribution in [3.63, 3.8) is 0 Å². The zero-order chi connectivity index (χ0) is 19.1. The number of benzene rings is 1. The number of aromatic nitrogens is 2. The summed E-state index contributed by atoms with van der Waals surface area (Å²) in [6.07, 6.45) is 0.907. The summed E-state index contributed by atoms with van der Waals surface area (Å²) in [4.78, 5) is 4.72. The molecule has 2 rings (SSSR count). The van der Waals surface area contributed by atoms with Gasteiger partial charge < -0.3 is 15.4 Å². The molecule has 0 amide bonds. The van der Waals surface area contributed by atoms with E-state index in [1.54, 1.807) is 7.11 Å². The fourth-order valence-corrected chi connectivity index (χ4v) is 3.02. The predicted molar refractivity (Wildman–Crippen MR) is 107 cm³/mol. The molecule has 0 aliphatic rings. The van der Waals surface area contributed by atoms with E-state index in [1.165, 1.54) is 11.3 Å². The van der Waals surface area contributed by atoms with Crippen LogP contribution >= 0.6 is 0 Å². The fraction of sp³-hybridized carbons (Fsp3) is 0.500. The van der Waals surface area contributed by atoms with Crippen LogP contribution in [0.5, 0.6) is 5.75 Å². The molecular weight excluding hydrogens is 326 g/mol. The van der Waals surface area contributed by atoms with Crippen LogP contribution in [0.2, 0.25) is 0 Å². The molecule has 6 heteroatoms. The van der Waals surface area contributed by atoms with Crippen LogP contribution in [0.15, 0.2) is 29.3 Å². The highest BCUT2D eigenvalue weighted by Gasteiger charge is 2.14. The molecular formula is C20H31N5O. The Hall–Kier alpha value is -2.50. The summed E-state index contributed by atoms with van der Waals surface area (Å²) in [7, 11) is 3.68. The van der Waals surface area contributed by atoms with Gasteiger partial charge in [-0.3, -0.25) is 4.68 Å². The Morgan fingerprint density at radius 2 is 2.04 bits per heavy atom. The number of nitrogens with one attached hydrogen (secondary N) is 2. The normalized spacial score (nSPS) is 12.8. The van der Waals surface area contributed by atoms with Gasteiger partial charge >= 0.3 is 0 Å². The molecule has 1 unspecified atom stereocenters. The van der Waals surface area contributed by atoms with Gasteiger partial charge in [-0.2, -0.15) is 5.10 Å². The molecule has 0 bridgehead atoms. The van der Waals surface area contributed by atoms with Gasteiger partial charge in [0.2, 0.25) is 0 Å². The highest BCUT2D eigenvalue weighted by Crippen LogP contribution is 2.18. The number of aryl methyl sites for hydroxylation is 2. The van der Waals surface area contributed by atoms with Gasteiger partial charge in [0.15, 0.2) is 5.96 Å². The van der Waals surface area contributed by atoms with Crippen LogP contribution in [0, 0.1) is 13.8 Å². The third kappa shape index (κ3) is 5.00. The first-order valence-corrected chi connectivity index (χ1v) is 9.12. The molecule has 26 heavy (non-hydrogen) atoms. The molecule has 1 heterocycles. The van der Waals surface area contributed by atoms with E-state index in [4.69, 9.17) is 9.73 Å². The summed E-state index contributed by atoms with van der Waals surface area (Å²) in [5.41, 5.74) is 4.67. The van der Waals surface area contributed by atoms with Gasteiger partial charge in [-0.25, -0.2) is 4.99 Å². The molecule has 0 aliphatic heterocycles. The lowest BCUT2D eigenvalue weighted by atomic mass is 10.1. The Kier molecular flexibility index (Phi) is 7.06. The molecule has 0 saturated carbocycles. The lowest BCUT2D eigenvalue weighted by Crippen LogP contribution is -2.43. The Morgan fingerprint density at radius 3 is 2.65 bits per heavy atom. The van der Waals surface area contributed by atoms with Gasteiger partial charge in [0.25, 0.3) is 0 Å². The second-order valence-corrected chi connectivity index (χ2v) is 6.53. The average molecular weight is 358 g/mol. The molecule has 0 aliphatic carbocycles. The zero-order valence-corrected chi connectivity index (χ0v) is 16.8. The van der Waals surface area contributed by atoms with Crippen LogP contribution in [0.4, 0.5) is 0 Å². The number of guanidine groups is 1. The van der Waals surface area contributed by atoms with Crippen molar-refractivity contribution in [3.05, 3.63) is 46.8 Å². The van der Waals surface area contributed by atoms with E-state index >= 15 is 0 Å². The lowest BCUT2D eigenvalue weighted by Gasteiger charge is -2.18. The third-order valence-electron chi connectivity index (χ3n) is 4.50. The highest BCUT2D eigenvalue weighted by molar-refractivity contribution is 5.80. The largest absolute Gasteiger partial charge is 0.496 e. The van der Waals surface area contributed by atoms with E-state index in [2.05, 4.69) is 43.4 Å². The molecule has 2 N–H and O–H groups in total. The van der Waals surface area contributed by atoms with Crippen molar-refractivity contribution in [2.75, 3.05) is 13.7 Å². The second kappa shape index (κ2) is 9.27. The SMILES string of the molecule is CCNC(=NCc1ccccc1OC)NC(C)Cc1c(C)nn(C)c1C. The maximum atomic E-state index is 5.41. The highest BCUT2D eigenvalue weighted by atomic mass is 16.5. The first-order chi connectivity index (χ1) is 12.5. The first kappa shape index (κ1) is 19.8. The zero-order valence-electron chi connectivity index (χ0n) is 16.8. The summed E-state index contributed by atoms with van der Waals surface area (Å²) < 4.78 is 7.35. The fourth-order valence-electron chi connectivity index (χ4n) is 3.02. The number of para-hydroxylation sites is 1. The maximum Gasteiger partial charge on any atom is 0.191 e. The lowest BCUT2D eigenvalue weighted by molar-refractivity contribution is 0.410. The van der Waals surface area contributed by atoms with Crippen LogP contribution in [-0.2, 0) is 20.0 Å². The van der Waals surface area contributed by atoms with Crippen LogP contribution < -0.4 is 15.4 Å². The van der Waals surface area contributed by atoms with Crippen LogP contribution in [0.1, 0.15) is 36.4 Å². The van der Waals surface area contributed by atoms with E-state index in [9.17, 15) is 0 Å². The number of nitrogens with zero attached hydrogens (tertiary/aromatic N) is 3. The van der Waals surface area contributed by atoms with Crippen molar-refractivity contribution >= 4 is 5.96 Å². The van der Waals surface area contributed by atoms with E-state index in [1.807, 2.05) is 36.0 Å². The number of ether oxygens (including phenoxy) is 1. The van der Waals surface area contributed by atoms with Gasteiger partial charge in [-0.05, 0) is 45.7 Å². The number of hydrogen-bond acceptors (Lipinski definition) is 3. The van der Waals surface area contributed by atoms with Crippen molar-refractivity contribution in [3.8, 4) is 5.75 Å². The maximum absolute atomic E-state index is 5.41. The third-order valence-corrected chi connectivity index (χ3v) is 4.50. The Morgan fingerprint density at radius 1 is 1.31 bits per heavy atom. The number of methoxy groups -OCH3 is 1. The van der Waals surface area contributed by atoms with E-state index in [0.29, 0.717) is 6.54 Å². The predicted octanol–water partition coefficient (Wildman–Crippen LogP) is 2.73. The molecule has 6 nitrogen and oxygen atoms in total. The van der Waals surface area contributed by atoms with Crippen LogP contribution in [0.25, 0.3) is 0 Å². The average Bonchev–Trinajstić information content (AvgIpc) is 2.86. The molecule has 0 spiro atoms. The molecule has 0 radical (unpaired) electrons. The van der Waals surface area contributed by atoms with E-state index in [0.717, 1.165) is 35.9 Å². The minimum absolute atomic E-state index is 0.243. The van der Waals surface area contributed by atoms with E-state index in [-0.39, 0.29) is 6.04 Å². The monoisotopic (exact) mass is 357 g/mol. The summed E-state index contributed by atoms with van der Waals surface area (Å²) in [6, 6.07) is 8.21. The Bertz CT molecular complexity index is 751. The molecule has 142 valence electrons. The summed E-state index contributed by atoms with van der Waals surface area (Å²) in [6.45, 7) is 9.80. The van der Waals surface area contributed by atoms with Crippen molar-refractivity contribution in [2.45, 2.75) is 46.7 Å². The van der Waals surface area contributed by atoms with Gasteiger partial charge in [0.05, 0.1) is 19.3 Å². The van der Waals surface area contributed by atoms with Gasteiger partial charge in [-0.1, -0.05) is 18.2 Å². The summed E-state index contributed by atoms with van der Waals surface area (Å²) in [5.74, 6) is 1.67. The van der Waals surface area contributed by atoms with Gasteiger partial charge in [0, 0.05) is 30.9 Å². The van der Waals surface area contributed by atoms with Crippen LogP contribution in [-0.4, -0.2) is 35.4 Å². The Labute approximate surface area is 156 Å². The quantitative estimate of drug-likeness (QED) is 0.591. The molecule has 1 aromatic carbocycles. The minimum Gasteiger partial charge on any atom is -0.496 e. The second-order valence-electron chi connectivity index (χ2n) is 6.53. The van der Waals surface area contributed by atoms with Crippen molar-refractivity contribution in [2.24, 2.45) is 12.0 Å². The van der Waals surface area contributed by atoms with Crippen molar-refractivity contribution in [1.29, 1.82) is 0 Å².